The maximum Gasteiger partial charge on any atom is 0.251 e. The number of fused-ring (bicyclic) bond motifs is 2. The number of carbonyl (C=O) groups excluding carboxylic acids is 1. The number of hydrogen-bond donors (Lipinski definition) is 1. The van der Waals surface area contributed by atoms with Crippen LogP contribution in [0.15, 0.2) is 42.7 Å². The molecule has 6 nitrogen and oxygen atoms in total. The zero-order valence-electron chi connectivity index (χ0n) is 16.9. The van der Waals surface area contributed by atoms with Crippen LogP contribution in [0, 0.1) is 5.92 Å². The Balaban J connectivity index is 1.22. The summed E-state index contributed by atoms with van der Waals surface area (Å²) >= 11 is 0. The predicted octanol–water partition coefficient (Wildman–Crippen LogP) is 2.34. The average molecular weight is 395 g/mol. The highest BCUT2D eigenvalue weighted by molar-refractivity contribution is 5.81. The molecule has 154 valence electrons. The SMILES string of the molecule is O=C(NCC1CC1)C1Cn2ccnc2C2(CCN(CCc3ccccc3)CC2)O1. The van der Waals surface area contributed by atoms with Crippen molar-refractivity contribution in [3.63, 3.8) is 0 Å². The Bertz CT molecular complexity index is 838. The number of imidazole rings is 1. The van der Waals surface area contributed by atoms with Gasteiger partial charge in [0.1, 0.15) is 11.4 Å². The molecular weight excluding hydrogens is 364 g/mol. The lowest BCUT2D eigenvalue weighted by Gasteiger charge is -2.45. The molecule has 1 atom stereocenters. The van der Waals surface area contributed by atoms with Crippen molar-refractivity contribution in [1.29, 1.82) is 0 Å². The Kier molecular flexibility index (Phi) is 5.14. The number of ether oxygens (including phenoxy) is 1. The van der Waals surface area contributed by atoms with E-state index in [1.165, 1.54) is 18.4 Å². The fourth-order valence-corrected chi connectivity index (χ4v) is 4.63. The van der Waals surface area contributed by atoms with Gasteiger partial charge in [-0.2, -0.15) is 0 Å². The average Bonchev–Trinajstić information content (AvgIpc) is 3.47. The van der Waals surface area contributed by atoms with E-state index in [0.29, 0.717) is 12.5 Å². The normalized spacial score (nSPS) is 23.7. The molecule has 1 saturated heterocycles. The van der Waals surface area contributed by atoms with Crippen LogP contribution in [-0.4, -0.2) is 52.6 Å². The van der Waals surface area contributed by atoms with Gasteiger partial charge in [-0.05, 0) is 43.6 Å². The predicted molar refractivity (Wildman–Crippen MR) is 110 cm³/mol. The van der Waals surface area contributed by atoms with Crippen molar-refractivity contribution in [1.82, 2.24) is 19.8 Å². The smallest absolute Gasteiger partial charge is 0.251 e. The first-order valence-electron chi connectivity index (χ1n) is 11.0. The third kappa shape index (κ3) is 4.09. The van der Waals surface area contributed by atoms with Gasteiger partial charge >= 0.3 is 0 Å². The van der Waals surface area contributed by atoms with E-state index in [-0.39, 0.29) is 5.91 Å². The van der Waals surface area contributed by atoms with Crippen LogP contribution in [-0.2, 0) is 28.1 Å². The van der Waals surface area contributed by atoms with Gasteiger partial charge in [-0.25, -0.2) is 4.98 Å². The van der Waals surface area contributed by atoms with E-state index in [1.807, 2.05) is 12.4 Å². The summed E-state index contributed by atoms with van der Waals surface area (Å²) in [5, 5.41) is 3.10. The number of rotatable bonds is 6. The van der Waals surface area contributed by atoms with Crippen LogP contribution in [0.25, 0.3) is 0 Å². The highest BCUT2D eigenvalue weighted by Gasteiger charge is 2.47. The number of amides is 1. The zero-order valence-corrected chi connectivity index (χ0v) is 16.9. The molecule has 1 aliphatic carbocycles. The summed E-state index contributed by atoms with van der Waals surface area (Å²) in [5.41, 5.74) is 0.941. The largest absolute Gasteiger partial charge is 0.354 e. The Morgan fingerprint density at radius 2 is 2.00 bits per heavy atom. The summed E-state index contributed by atoms with van der Waals surface area (Å²) in [4.78, 5) is 19.9. The topological polar surface area (TPSA) is 59.4 Å². The second kappa shape index (κ2) is 7.92. The summed E-state index contributed by atoms with van der Waals surface area (Å²) in [6.07, 6.45) is 8.70. The fourth-order valence-electron chi connectivity index (χ4n) is 4.63. The number of nitrogens with one attached hydrogen (secondary N) is 1. The van der Waals surface area contributed by atoms with Gasteiger partial charge in [0.15, 0.2) is 6.10 Å². The Morgan fingerprint density at radius 3 is 2.76 bits per heavy atom. The van der Waals surface area contributed by atoms with Gasteiger partial charge in [-0.3, -0.25) is 4.79 Å². The molecule has 1 unspecified atom stereocenters. The Labute approximate surface area is 172 Å². The molecule has 1 aromatic heterocycles. The number of piperidine rings is 1. The van der Waals surface area contributed by atoms with Crippen LogP contribution in [0.5, 0.6) is 0 Å². The monoisotopic (exact) mass is 394 g/mol. The van der Waals surface area contributed by atoms with E-state index in [2.05, 4.69) is 50.1 Å². The number of carbonyl (C=O) groups is 1. The molecule has 1 N–H and O–H groups in total. The first-order valence-corrected chi connectivity index (χ1v) is 11.0. The fraction of sp³-hybridized carbons (Fsp3) is 0.565. The first-order chi connectivity index (χ1) is 14.2. The van der Waals surface area contributed by atoms with E-state index in [9.17, 15) is 4.79 Å². The summed E-state index contributed by atoms with van der Waals surface area (Å²) in [6, 6.07) is 10.7. The highest BCUT2D eigenvalue weighted by Crippen LogP contribution is 2.40. The highest BCUT2D eigenvalue weighted by atomic mass is 16.5. The molecule has 5 rings (SSSR count). The molecule has 0 bridgehead atoms. The van der Waals surface area contributed by atoms with Crippen molar-refractivity contribution >= 4 is 5.91 Å². The minimum Gasteiger partial charge on any atom is -0.354 e. The van der Waals surface area contributed by atoms with Crippen molar-refractivity contribution in [3.05, 3.63) is 54.1 Å². The van der Waals surface area contributed by atoms with Crippen LogP contribution in [0.1, 0.15) is 37.1 Å². The third-order valence-electron chi connectivity index (χ3n) is 6.63. The summed E-state index contributed by atoms with van der Waals surface area (Å²) in [6.45, 7) is 4.34. The van der Waals surface area contributed by atoms with Crippen LogP contribution < -0.4 is 5.32 Å². The number of hydrogen-bond acceptors (Lipinski definition) is 4. The lowest BCUT2D eigenvalue weighted by molar-refractivity contribution is -0.173. The second-order valence-corrected chi connectivity index (χ2v) is 8.77. The number of likely N-dealkylation sites (tertiary alicyclic amines) is 1. The van der Waals surface area contributed by atoms with Crippen LogP contribution in [0.2, 0.25) is 0 Å². The lowest BCUT2D eigenvalue weighted by atomic mass is 9.88. The number of nitrogens with zero attached hydrogens (tertiary/aromatic N) is 3. The van der Waals surface area contributed by atoms with Crippen LogP contribution >= 0.6 is 0 Å². The van der Waals surface area contributed by atoms with Crippen molar-refractivity contribution < 1.29 is 9.53 Å². The van der Waals surface area contributed by atoms with E-state index >= 15 is 0 Å². The molecule has 3 heterocycles. The van der Waals surface area contributed by atoms with Gasteiger partial charge in [0, 0.05) is 38.6 Å². The summed E-state index contributed by atoms with van der Waals surface area (Å²) in [7, 11) is 0. The molecular formula is C23H30N4O2. The van der Waals surface area contributed by atoms with E-state index in [0.717, 1.165) is 51.3 Å². The molecule has 1 saturated carbocycles. The molecule has 2 fully saturated rings. The van der Waals surface area contributed by atoms with Crippen molar-refractivity contribution in [3.8, 4) is 0 Å². The maximum absolute atomic E-state index is 12.7. The van der Waals surface area contributed by atoms with Gasteiger partial charge < -0.3 is 19.5 Å². The standard InChI is InChI=1S/C23H30N4O2/c28-21(25-16-19-6-7-19)20-17-27-15-11-24-22(27)23(29-20)9-13-26(14-10-23)12-8-18-4-2-1-3-5-18/h1-5,11,15,19-20H,6-10,12-14,16-17H2,(H,25,28). The van der Waals surface area contributed by atoms with Crippen LogP contribution in [0.3, 0.4) is 0 Å². The lowest BCUT2D eigenvalue weighted by Crippen LogP contribution is -2.54. The van der Waals surface area contributed by atoms with Gasteiger partial charge in [0.2, 0.25) is 0 Å². The first kappa shape index (κ1) is 18.8. The molecule has 1 amide bonds. The van der Waals surface area contributed by atoms with Crippen molar-refractivity contribution in [2.75, 3.05) is 26.2 Å². The summed E-state index contributed by atoms with van der Waals surface area (Å²) in [5.74, 6) is 1.70. The minimum absolute atomic E-state index is 0.0298. The van der Waals surface area contributed by atoms with Gasteiger partial charge in [0.25, 0.3) is 5.91 Å². The van der Waals surface area contributed by atoms with E-state index in [1.54, 1.807) is 0 Å². The molecule has 3 aliphatic rings. The number of benzene rings is 1. The quantitative estimate of drug-likeness (QED) is 0.817. The molecule has 0 radical (unpaired) electrons. The zero-order chi connectivity index (χ0) is 19.7. The number of aromatic nitrogens is 2. The van der Waals surface area contributed by atoms with Gasteiger partial charge in [0.05, 0.1) is 6.54 Å². The second-order valence-electron chi connectivity index (χ2n) is 8.77. The molecule has 1 spiro atoms. The van der Waals surface area contributed by atoms with Gasteiger partial charge in [-0.15, -0.1) is 0 Å². The molecule has 2 aromatic rings. The Hall–Kier alpha value is -2.18. The maximum atomic E-state index is 12.7. The van der Waals surface area contributed by atoms with Gasteiger partial charge in [-0.1, -0.05) is 30.3 Å². The van der Waals surface area contributed by atoms with E-state index < -0.39 is 11.7 Å². The molecule has 6 heteroatoms. The van der Waals surface area contributed by atoms with Crippen molar-refractivity contribution in [2.45, 2.75) is 50.4 Å². The third-order valence-corrected chi connectivity index (χ3v) is 6.63. The molecule has 2 aliphatic heterocycles. The van der Waals surface area contributed by atoms with E-state index in [4.69, 9.17) is 4.74 Å². The molecule has 1 aromatic carbocycles. The Morgan fingerprint density at radius 1 is 1.21 bits per heavy atom. The summed E-state index contributed by atoms with van der Waals surface area (Å²) < 4.78 is 8.63. The molecule has 29 heavy (non-hydrogen) atoms. The van der Waals surface area contributed by atoms with Crippen LogP contribution in [0.4, 0.5) is 0 Å². The van der Waals surface area contributed by atoms with Crippen molar-refractivity contribution in [2.24, 2.45) is 5.92 Å². The minimum atomic E-state index is -0.438.